The van der Waals surface area contributed by atoms with E-state index in [4.69, 9.17) is 4.74 Å². The van der Waals surface area contributed by atoms with Gasteiger partial charge in [0.2, 0.25) is 0 Å². The van der Waals surface area contributed by atoms with E-state index in [0.717, 1.165) is 50.0 Å². The van der Waals surface area contributed by atoms with E-state index in [1.165, 1.54) is 5.56 Å². The third-order valence-electron chi connectivity index (χ3n) is 4.41. The molecular formula is C15H20O2. The Hall–Kier alpha value is -1.02. The van der Waals surface area contributed by atoms with Crippen molar-refractivity contribution >= 4 is 0 Å². The van der Waals surface area contributed by atoms with Crippen LogP contribution in [0.5, 0.6) is 5.75 Å². The number of ether oxygens (including phenoxy) is 1. The van der Waals surface area contributed by atoms with Gasteiger partial charge in [0.25, 0.3) is 0 Å². The highest BCUT2D eigenvalue weighted by Crippen LogP contribution is 2.47. The zero-order chi connectivity index (χ0) is 11.9. The van der Waals surface area contributed by atoms with Crippen molar-refractivity contribution < 1.29 is 9.84 Å². The minimum Gasteiger partial charge on any atom is -0.493 e. The van der Waals surface area contributed by atoms with Gasteiger partial charge in [-0.05, 0) is 43.6 Å². The Morgan fingerprint density at radius 1 is 1.35 bits per heavy atom. The second-order valence-corrected chi connectivity index (χ2v) is 5.46. The molecule has 1 aromatic carbocycles. The second-order valence-electron chi connectivity index (χ2n) is 5.46. The van der Waals surface area contributed by atoms with Crippen LogP contribution in [0.2, 0.25) is 0 Å². The van der Waals surface area contributed by atoms with Crippen molar-refractivity contribution in [2.24, 2.45) is 5.92 Å². The number of fused-ring (bicyclic) bond motifs is 1. The molecule has 0 bridgehead atoms. The van der Waals surface area contributed by atoms with Crippen molar-refractivity contribution in [3.63, 3.8) is 0 Å². The van der Waals surface area contributed by atoms with Crippen molar-refractivity contribution in [1.29, 1.82) is 0 Å². The molecule has 3 rings (SSSR count). The van der Waals surface area contributed by atoms with E-state index in [2.05, 4.69) is 19.1 Å². The molecule has 2 unspecified atom stereocenters. The molecule has 92 valence electrons. The molecule has 1 aromatic rings. The number of benzene rings is 1. The maximum absolute atomic E-state index is 10.9. The van der Waals surface area contributed by atoms with E-state index in [9.17, 15) is 5.11 Å². The molecule has 1 N–H and O–H groups in total. The van der Waals surface area contributed by atoms with Crippen LogP contribution >= 0.6 is 0 Å². The highest BCUT2D eigenvalue weighted by molar-refractivity contribution is 5.46. The van der Waals surface area contributed by atoms with Gasteiger partial charge in [-0.1, -0.05) is 25.1 Å². The fourth-order valence-corrected chi connectivity index (χ4v) is 3.29. The lowest BCUT2D eigenvalue weighted by molar-refractivity contribution is 0.00145. The molecule has 0 spiro atoms. The Bertz CT molecular complexity index is 427. The molecule has 1 heterocycles. The first kappa shape index (κ1) is 11.1. The van der Waals surface area contributed by atoms with E-state index in [0.29, 0.717) is 5.92 Å². The minimum absolute atomic E-state index is 0.333. The molecule has 2 atom stereocenters. The molecule has 1 aliphatic heterocycles. The fraction of sp³-hybridized carbons (Fsp3) is 0.600. The third kappa shape index (κ3) is 1.66. The number of hydrogen-bond donors (Lipinski definition) is 1. The van der Waals surface area contributed by atoms with Crippen molar-refractivity contribution in [2.45, 2.75) is 44.6 Å². The van der Waals surface area contributed by atoms with Gasteiger partial charge in [0, 0.05) is 5.56 Å². The molecule has 0 aromatic heterocycles. The maximum atomic E-state index is 10.9. The topological polar surface area (TPSA) is 29.5 Å². The standard InChI is InChI=1S/C15H20O2/c1-11-5-3-9-15(11,16)13-8-2-6-12-7-4-10-17-14(12)13/h2,6,8,11,16H,3-5,7,9-10H2,1H3. The van der Waals surface area contributed by atoms with Gasteiger partial charge in [0.05, 0.1) is 12.2 Å². The summed E-state index contributed by atoms with van der Waals surface area (Å²) in [4.78, 5) is 0. The first-order valence-electron chi connectivity index (χ1n) is 6.69. The van der Waals surface area contributed by atoms with Gasteiger partial charge < -0.3 is 9.84 Å². The second kappa shape index (κ2) is 4.02. The van der Waals surface area contributed by atoms with Crippen LogP contribution in [0.3, 0.4) is 0 Å². The molecule has 17 heavy (non-hydrogen) atoms. The molecule has 2 nitrogen and oxygen atoms in total. The van der Waals surface area contributed by atoms with E-state index < -0.39 is 5.60 Å². The normalized spacial score (nSPS) is 32.0. The van der Waals surface area contributed by atoms with E-state index in [1.807, 2.05) is 6.07 Å². The van der Waals surface area contributed by atoms with E-state index >= 15 is 0 Å². The summed E-state index contributed by atoms with van der Waals surface area (Å²) in [7, 11) is 0. The van der Waals surface area contributed by atoms with Crippen molar-refractivity contribution in [3.8, 4) is 5.75 Å². The summed E-state index contributed by atoms with van der Waals surface area (Å²) in [5, 5.41) is 10.9. The summed E-state index contributed by atoms with van der Waals surface area (Å²) in [5.41, 5.74) is 1.63. The number of aliphatic hydroxyl groups is 1. The average molecular weight is 232 g/mol. The van der Waals surface area contributed by atoms with Gasteiger partial charge >= 0.3 is 0 Å². The number of rotatable bonds is 1. The van der Waals surface area contributed by atoms with Crippen LogP contribution in [0.1, 0.15) is 43.7 Å². The quantitative estimate of drug-likeness (QED) is 0.806. The number of para-hydroxylation sites is 1. The van der Waals surface area contributed by atoms with Crippen molar-refractivity contribution in [2.75, 3.05) is 6.61 Å². The number of hydrogen-bond acceptors (Lipinski definition) is 2. The summed E-state index contributed by atoms with van der Waals surface area (Å²) in [5.74, 6) is 1.30. The van der Waals surface area contributed by atoms with Crippen LogP contribution in [-0.4, -0.2) is 11.7 Å². The van der Waals surface area contributed by atoms with Gasteiger partial charge in [-0.15, -0.1) is 0 Å². The van der Waals surface area contributed by atoms with Crippen molar-refractivity contribution in [3.05, 3.63) is 29.3 Å². The smallest absolute Gasteiger partial charge is 0.128 e. The molecule has 1 saturated carbocycles. The van der Waals surface area contributed by atoms with Gasteiger partial charge in [-0.3, -0.25) is 0 Å². The Morgan fingerprint density at radius 3 is 3.00 bits per heavy atom. The van der Waals surface area contributed by atoms with Crippen LogP contribution < -0.4 is 4.74 Å². The van der Waals surface area contributed by atoms with Crippen LogP contribution in [-0.2, 0) is 12.0 Å². The molecule has 2 heteroatoms. The zero-order valence-electron chi connectivity index (χ0n) is 10.4. The molecule has 0 saturated heterocycles. The highest BCUT2D eigenvalue weighted by Gasteiger charge is 2.42. The highest BCUT2D eigenvalue weighted by atomic mass is 16.5. The monoisotopic (exact) mass is 232 g/mol. The molecule has 0 radical (unpaired) electrons. The Kier molecular flexibility index (Phi) is 2.62. The molecule has 2 aliphatic rings. The molecule has 1 aliphatic carbocycles. The van der Waals surface area contributed by atoms with Crippen LogP contribution in [0, 0.1) is 5.92 Å². The summed E-state index contributed by atoms with van der Waals surface area (Å²) in [6, 6.07) is 6.23. The molecular weight excluding hydrogens is 212 g/mol. The predicted molar refractivity (Wildman–Crippen MR) is 67.2 cm³/mol. The summed E-state index contributed by atoms with van der Waals surface area (Å²) < 4.78 is 5.82. The SMILES string of the molecule is CC1CCCC1(O)c1cccc2c1OCCC2. The van der Waals surface area contributed by atoms with Gasteiger partial charge in [0.1, 0.15) is 5.75 Å². The maximum Gasteiger partial charge on any atom is 0.128 e. The van der Waals surface area contributed by atoms with Crippen molar-refractivity contribution in [1.82, 2.24) is 0 Å². The molecule has 1 fully saturated rings. The lowest BCUT2D eigenvalue weighted by Crippen LogP contribution is -2.30. The van der Waals surface area contributed by atoms with Crippen LogP contribution in [0.25, 0.3) is 0 Å². The Balaban J connectivity index is 2.08. The average Bonchev–Trinajstić information content (AvgIpc) is 2.70. The lowest BCUT2D eigenvalue weighted by Gasteiger charge is -2.32. The number of aryl methyl sites for hydroxylation is 1. The van der Waals surface area contributed by atoms with E-state index in [-0.39, 0.29) is 0 Å². The largest absolute Gasteiger partial charge is 0.493 e. The summed E-state index contributed by atoms with van der Waals surface area (Å²) in [6.07, 6.45) is 5.26. The van der Waals surface area contributed by atoms with Crippen LogP contribution in [0.4, 0.5) is 0 Å². The Labute approximate surface area is 103 Å². The van der Waals surface area contributed by atoms with Gasteiger partial charge in [-0.25, -0.2) is 0 Å². The Morgan fingerprint density at radius 2 is 2.24 bits per heavy atom. The van der Waals surface area contributed by atoms with Gasteiger partial charge in [-0.2, -0.15) is 0 Å². The minimum atomic E-state index is -0.664. The predicted octanol–water partition coefficient (Wildman–Crippen LogP) is 3.02. The molecule has 0 amide bonds. The summed E-state index contributed by atoms with van der Waals surface area (Å²) >= 11 is 0. The first-order valence-corrected chi connectivity index (χ1v) is 6.69. The third-order valence-corrected chi connectivity index (χ3v) is 4.41. The lowest BCUT2D eigenvalue weighted by atomic mass is 9.83. The fourth-order valence-electron chi connectivity index (χ4n) is 3.29. The first-order chi connectivity index (χ1) is 8.22. The van der Waals surface area contributed by atoms with Gasteiger partial charge in [0.15, 0.2) is 0 Å². The van der Waals surface area contributed by atoms with Crippen LogP contribution in [0.15, 0.2) is 18.2 Å². The van der Waals surface area contributed by atoms with E-state index in [1.54, 1.807) is 0 Å². The zero-order valence-corrected chi connectivity index (χ0v) is 10.4. The summed E-state index contributed by atoms with van der Waals surface area (Å²) in [6.45, 7) is 2.93.